The molecule has 5 heteroatoms. The third kappa shape index (κ3) is 5.20. The summed E-state index contributed by atoms with van der Waals surface area (Å²) < 4.78 is 12.0. The van der Waals surface area contributed by atoms with Gasteiger partial charge in [0.25, 0.3) is 0 Å². The number of rotatable bonds is 9. The van der Waals surface area contributed by atoms with Crippen molar-refractivity contribution in [1.29, 1.82) is 0 Å². The molecule has 1 heterocycles. The summed E-state index contributed by atoms with van der Waals surface area (Å²) in [6.45, 7) is 16.2. The Morgan fingerprint density at radius 1 is 1.00 bits per heavy atom. The van der Waals surface area contributed by atoms with Crippen LogP contribution in [0.5, 0.6) is 11.5 Å². The van der Waals surface area contributed by atoms with Gasteiger partial charge in [-0.25, -0.2) is 0 Å². The molecule has 0 aliphatic carbocycles. The van der Waals surface area contributed by atoms with E-state index >= 15 is 0 Å². The van der Waals surface area contributed by atoms with Gasteiger partial charge in [0.05, 0.1) is 18.2 Å². The van der Waals surface area contributed by atoms with Gasteiger partial charge in [0, 0.05) is 11.6 Å². The number of ether oxygens (including phenoxy) is 2. The Morgan fingerprint density at radius 2 is 1.72 bits per heavy atom. The van der Waals surface area contributed by atoms with Gasteiger partial charge in [0.15, 0.2) is 0 Å². The number of nitrogens with one attached hydrogen (secondary N) is 1. The molecule has 174 valence electrons. The molecular weight excluding hydrogens is 400 g/mol. The SMILES string of the molecule is CCC(C)(C)c1ccc(OCOc2cccc(N3CC(C)C(=O)N3)c2)c(C(C)(C)CC)c1. The monoisotopic (exact) mass is 438 g/mol. The summed E-state index contributed by atoms with van der Waals surface area (Å²) in [4.78, 5) is 11.8. The lowest BCUT2D eigenvalue weighted by Crippen LogP contribution is -2.32. The maximum Gasteiger partial charge on any atom is 0.243 e. The zero-order valence-electron chi connectivity index (χ0n) is 20.6. The summed E-state index contributed by atoms with van der Waals surface area (Å²) in [7, 11) is 0. The minimum absolute atomic E-state index is 0.000263. The highest BCUT2D eigenvalue weighted by atomic mass is 16.7. The second-order valence-corrected chi connectivity index (χ2v) is 10.1. The molecule has 1 aliphatic rings. The fourth-order valence-electron chi connectivity index (χ4n) is 3.72. The van der Waals surface area contributed by atoms with Gasteiger partial charge in [-0.1, -0.05) is 66.7 Å². The van der Waals surface area contributed by atoms with Crippen LogP contribution in [0.4, 0.5) is 5.69 Å². The molecule has 2 aromatic carbocycles. The van der Waals surface area contributed by atoms with Crippen LogP contribution in [0.2, 0.25) is 0 Å². The zero-order chi connectivity index (χ0) is 23.5. The minimum atomic E-state index is -0.0242. The average Bonchev–Trinajstić information content (AvgIpc) is 3.12. The van der Waals surface area contributed by atoms with Crippen LogP contribution in [0.25, 0.3) is 0 Å². The molecule has 0 bridgehead atoms. The molecule has 0 radical (unpaired) electrons. The molecular formula is C27H38N2O3. The number of carbonyl (C=O) groups is 1. The van der Waals surface area contributed by atoms with Crippen LogP contribution in [0, 0.1) is 5.92 Å². The predicted octanol–water partition coefficient (Wildman–Crippen LogP) is 5.96. The van der Waals surface area contributed by atoms with Crippen molar-refractivity contribution in [2.24, 2.45) is 5.92 Å². The molecule has 0 aromatic heterocycles. The van der Waals surface area contributed by atoms with Crippen LogP contribution in [0.1, 0.15) is 72.4 Å². The van der Waals surface area contributed by atoms with Crippen molar-refractivity contribution in [3.63, 3.8) is 0 Å². The molecule has 1 aliphatic heterocycles. The Balaban J connectivity index is 1.73. The van der Waals surface area contributed by atoms with Crippen molar-refractivity contribution in [2.75, 3.05) is 18.3 Å². The third-order valence-corrected chi connectivity index (χ3v) is 6.98. The van der Waals surface area contributed by atoms with Crippen LogP contribution in [-0.4, -0.2) is 19.2 Å². The van der Waals surface area contributed by atoms with Gasteiger partial charge in [-0.3, -0.25) is 15.2 Å². The third-order valence-electron chi connectivity index (χ3n) is 6.98. The molecule has 1 amide bonds. The van der Waals surface area contributed by atoms with E-state index < -0.39 is 0 Å². The molecule has 0 spiro atoms. The summed E-state index contributed by atoms with van der Waals surface area (Å²) in [6.07, 6.45) is 2.09. The number of amides is 1. The first kappa shape index (κ1) is 24.0. The van der Waals surface area contributed by atoms with Crippen LogP contribution >= 0.6 is 0 Å². The summed E-state index contributed by atoms with van der Waals surface area (Å²) >= 11 is 0. The first-order chi connectivity index (χ1) is 15.1. The van der Waals surface area contributed by atoms with Crippen molar-refractivity contribution >= 4 is 11.6 Å². The summed E-state index contributed by atoms with van der Waals surface area (Å²) in [5.74, 6) is 1.59. The highest BCUT2D eigenvalue weighted by Crippen LogP contribution is 2.38. The predicted molar refractivity (Wildman–Crippen MR) is 130 cm³/mol. The first-order valence-corrected chi connectivity index (χ1v) is 11.7. The van der Waals surface area contributed by atoms with Gasteiger partial charge in [0.2, 0.25) is 12.7 Å². The molecule has 1 unspecified atom stereocenters. The van der Waals surface area contributed by atoms with Gasteiger partial charge in [-0.15, -0.1) is 0 Å². The Morgan fingerprint density at radius 3 is 2.34 bits per heavy atom. The number of carbonyl (C=O) groups excluding carboxylic acids is 1. The highest BCUT2D eigenvalue weighted by Gasteiger charge is 2.28. The van der Waals surface area contributed by atoms with Crippen molar-refractivity contribution in [2.45, 2.75) is 72.1 Å². The molecule has 5 nitrogen and oxygen atoms in total. The minimum Gasteiger partial charge on any atom is -0.457 e. The lowest BCUT2D eigenvalue weighted by atomic mass is 9.76. The summed E-state index contributed by atoms with van der Waals surface area (Å²) in [5, 5.41) is 1.86. The van der Waals surface area contributed by atoms with Gasteiger partial charge < -0.3 is 9.47 Å². The Kier molecular flexibility index (Phi) is 7.06. The van der Waals surface area contributed by atoms with E-state index in [1.54, 1.807) is 0 Å². The maximum atomic E-state index is 11.8. The normalized spacial score (nSPS) is 16.8. The zero-order valence-corrected chi connectivity index (χ0v) is 20.6. The van der Waals surface area contributed by atoms with E-state index in [-0.39, 0.29) is 29.4 Å². The van der Waals surface area contributed by atoms with E-state index in [9.17, 15) is 4.79 Å². The number of hydrazine groups is 1. The number of benzene rings is 2. The molecule has 3 rings (SSSR count). The van der Waals surface area contributed by atoms with Crippen molar-refractivity contribution in [3.8, 4) is 11.5 Å². The Hall–Kier alpha value is -2.69. The Bertz CT molecular complexity index is 952. The van der Waals surface area contributed by atoms with Crippen LogP contribution in [-0.2, 0) is 15.6 Å². The molecule has 2 aromatic rings. The molecule has 1 saturated heterocycles. The lowest BCUT2D eigenvalue weighted by Gasteiger charge is -2.30. The smallest absolute Gasteiger partial charge is 0.243 e. The molecule has 1 atom stereocenters. The number of anilines is 1. The van der Waals surface area contributed by atoms with Gasteiger partial charge in [-0.2, -0.15) is 0 Å². The average molecular weight is 439 g/mol. The van der Waals surface area contributed by atoms with Crippen LogP contribution < -0.4 is 19.9 Å². The van der Waals surface area contributed by atoms with E-state index in [1.165, 1.54) is 11.1 Å². The molecule has 0 saturated carbocycles. The topological polar surface area (TPSA) is 50.8 Å². The van der Waals surface area contributed by atoms with Gasteiger partial charge >= 0.3 is 0 Å². The van der Waals surface area contributed by atoms with Crippen molar-refractivity contribution < 1.29 is 14.3 Å². The van der Waals surface area contributed by atoms with Gasteiger partial charge in [0.1, 0.15) is 11.5 Å². The lowest BCUT2D eigenvalue weighted by molar-refractivity contribution is -0.121. The quantitative estimate of drug-likeness (QED) is 0.491. The van der Waals surface area contributed by atoms with E-state index in [0.717, 1.165) is 24.3 Å². The maximum absolute atomic E-state index is 11.8. The van der Waals surface area contributed by atoms with Crippen LogP contribution in [0.15, 0.2) is 42.5 Å². The summed E-state index contributed by atoms with van der Waals surface area (Å²) in [6, 6.07) is 14.3. The van der Waals surface area contributed by atoms with Gasteiger partial charge in [-0.05, 0) is 47.4 Å². The van der Waals surface area contributed by atoms with E-state index in [0.29, 0.717) is 12.3 Å². The van der Waals surface area contributed by atoms with E-state index in [4.69, 9.17) is 9.47 Å². The molecule has 32 heavy (non-hydrogen) atoms. The largest absolute Gasteiger partial charge is 0.457 e. The first-order valence-electron chi connectivity index (χ1n) is 11.7. The van der Waals surface area contributed by atoms with E-state index in [1.807, 2.05) is 36.2 Å². The molecule has 1 N–H and O–H groups in total. The van der Waals surface area contributed by atoms with Crippen LogP contribution in [0.3, 0.4) is 0 Å². The summed E-state index contributed by atoms with van der Waals surface area (Å²) in [5.41, 5.74) is 6.46. The highest BCUT2D eigenvalue weighted by molar-refractivity contribution is 5.83. The van der Waals surface area contributed by atoms with E-state index in [2.05, 4.69) is 65.2 Å². The van der Waals surface area contributed by atoms with Crippen molar-refractivity contribution in [3.05, 3.63) is 53.6 Å². The molecule has 1 fully saturated rings. The standard InChI is InChI=1S/C27H38N2O3/c1-8-26(4,5)20-13-14-24(23(15-20)27(6,7)9-2)32-18-31-22-12-10-11-21(16-22)29-17-19(3)25(30)28-29/h10-16,19H,8-9,17-18H2,1-7H3,(H,28,30). The number of hydrogen-bond donors (Lipinski definition) is 1. The fraction of sp³-hybridized carbons (Fsp3) is 0.519. The fourth-order valence-corrected chi connectivity index (χ4v) is 3.72. The Labute approximate surface area is 193 Å². The second kappa shape index (κ2) is 9.43. The number of nitrogens with zero attached hydrogens (tertiary/aromatic N) is 1. The number of hydrogen-bond acceptors (Lipinski definition) is 4. The second-order valence-electron chi connectivity index (χ2n) is 10.1. The van der Waals surface area contributed by atoms with Crippen molar-refractivity contribution in [1.82, 2.24) is 5.43 Å².